The summed E-state index contributed by atoms with van der Waals surface area (Å²) in [5.74, 6) is 1.61. The van der Waals surface area contributed by atoms with Gasteiger partial charge >= 0.3 is 0 Å². The number of morpholine rings is 1. The molecule has 4 heterocycles. The third kappa shape index (κ3) is 4.57. The van der Waals surface area contributed by atoms with E-state index in [1.165, 1.54) is 5.70 Å². The Labute approximate surface area is 209 Å². The summed E-state index contributed by atoms with van der Waals surface area (Å²) in [5, 5.41) is 18.2. The van der Waals surface area contributed by atoms with Crippen molar-refractivity contribution < 1.29 is 14.2 Å². The minimum absolute atomic E-state index is 0.0718. The summed E-state index contributed by atoms with van der Waals surface area (Å²) in [5.41, 5.74) is 4.86. The SMILES string of the molecule is N#Cc1cc(-c2cnnc3nc(C4C=CC(N5CCOCC5)=CC4)[nH]c23)ccc1OC1CCOCC1. The molecular weight excluding hydrogens is 456 g/mol. The third-order valence-corrected chi connectivity index (χ3v) is 6.99. The van der Waals surface area contributed by atoms with Crippen LogP contribution in [0.4, 0.5) is 0 Å². The second-order valence-corrected chi connectivity index (χ2v) is 9.26. The van der Waals surface area contributed by atoms with Crippen molar-refractivity contribution in [2.75, 3.05) is 39.5 Å². The van der Waals surface area contributed by atoms with Crippen LogP contribution in [0.2, 0.25) is 0 Å². The van der Waals surface area contributed by atoms with E-state index in [0.717, 1.165) is 68.0 Å². The summed E-state index contributed by atoms with van der Waals surface area (Å²) in [4.78, 5) is 10.6. The normalized spacial score (nSPS) is 20.8. The predicted molar refractivity (Wildman–Crippen MR) is 133 cm³/mol. The van der Waals surface area contributed by atoms with Crippen molar-refractivity contribution in [3.63, 3.8) is 0 Å². The zero-order chi connectivity index (χ0) is 24.3. The van der Waals surface area contributed by atoms with Gasteiger partial charge in [-0.25, -0.2) is 4.98 Å². The number of hydrogen-bond donors (Lipinski definition) is 1. The van der Waals surface area contributed by atoms with Crippen LogP contribution in [0.3, 0.4) is 0 Å². The number of nitrogens with zero attached hydrogens (tertiary/aromatic N) is 5. The van der Waals surface area contributed by atoms with E-state index in [4.69, 9.17) is 19.2 Å². The molecule has 184 valence electrons. The Balaban J connectivity index is 1.24. The number of nitriles is 1. The van der Waals surface area contributed by atoms with Crippen LogP contribution >= 0.6 is 0 Å². The molecule has 3 aliphatic rings. The van der Waals surface area contributed by atoms with Crippen molar-refractivity contribution in [3.05, 3.63) is 59.7 Å². The molecule has 1 aliphatic carbocycles. The van der Waals surface area contributed by atoms with Gasteiger partial charge in [0.1, 0.15) is 23.7 Å². The first-order valence-corrected chi connectivity index (χ1v) is 12.5. The van der Waals surface area contributed by atoms with E-state index >= 15 is 0 Å². The third-order valence-electron chi connectivity index (χ3n) is 6.99. The van der Waals surface area contributed by atoms with E-state index in [-0.39, 0.29) is 12.0 Å². The van der Waals surface area contributed by atoms with E-state index in [1.807, 2.05) is 18.2 Å². The summed E-state index contributed by atoms with van der Waals surface area (Å²) in [6.45, 7) is 4.77. The number of benzene rings is 1. The fourth-order valence-electron chi connectivity index (χ4n) is 4.97. The molecule has 36 heavy (non-hydrogen) atoms. The van der Waals surface area contributed by atoms with Gasteiger partial charge in [0, 0.05) is 43.1 Å². The lowest BCUT2D eigenvalue weighted by molar-refractivity contribution is 0.0254. The van der Waals surface area contributed by atoms with Crippen LogP contribution in [-0.2, 0) is 9.47 Å². The van der Waals surface area contributed by atoms with E-state index in [1.54, 1.807) is 6.20 Å². The fourth-order valence-corrected chi connectivity index (χ4v) is 4.97. The molecule has 6 rings (SSSR count). The predicted octanol–water partition coefficient (Wildman–Crippen LogP) is 3.71. The smallest absolute Gasteiger partial charge is 0.200 e. The highest BCUT2D eigenvalue weighted by atomic mass is 16.5. The fraction of sp³-hybridized carbons (Fsp3) is 0.407. The number of fused-ring (bicyclic) bond motifs is 1. The Kier molecular flexibility index (Phi) is 6.36. The number of allylic oxidation sites excluding steroid dienone is 3. The van der Waals surface area contributed by atoms with Gasteiger partial charge in [-0.2, -0.15) is 10.4 Å². The van der Waals surface area contributed by atoms with E-state index in [2.05, 4.69) is 44.4 Å². The lowest BCUT2D eigenvalue weighted by Crippen LogP contribution is -2.35. The second-order valence-electron chi connectivity index (χ2n) is 9.26. The number of rotatable bonds is 5. The van der Waals surface area contributed by atoms with Crippen LogP contribution in [0.15, 0.2) is 48.3 Å². The molecule has 0 radical (unpaired) electrons. The van der Waals surface area contributed by atoms with Gasteiger partial charge in [-0.3, -0.25) is 0 Å². The van der Waals surface area contributed by atoms with Gasteiger partial charge < -0.3 is 24.1 Å². The van der Waals surface area contributed by atoms with Crippen LogP contribution in [-0.4, -0.2) is 70.7 Å². The van der Waals surface area contributed by atoms with Crippen LogP contribution in [0.1, 0.15) is 36.6 Å². The number of aromatic nitrogens is 4. The molecule has 2 fully saturated rings. The Morgan fingerprint density at radius 3 is 2.72 bits per heavy atom. The summed E-state index contributed by atoms with van der Waals surface area (Å²) in [6, 6.07) is 7.97. The van der Waals surface area contributed by atoms with Crippen LogP contribution in [0.5, 0.6) is 5.75 Å². The van der Waals surface area contributed by atoms with E-state index in [9.17, 15) is 5.26 Å². The summed E-state index contributed by atoms with van der Waals surface area (Å²) in [6.07, 6.45) is 11.0. The van der Waals surface area contributed by atoms with Gasteiger partial charge in [-0.1, -0.05) is 18.2 Å². The van der Waals surface area contributed by atoms with Gasteiger partial charge in [-0.15, -0.1) is 5.10 Å². The van der Waals surface area contributed by atoms with Crippen molar-refractivity contribution in [1.82, 2.24) is 25.1 Å². The molecule has 2 saturated heterocycles. The monoisotopic (exact) mass is 484 g/mol. The average Bonchev–Trinajstić information content (AvgIpc) is 3.39. The maximum absolute atomic E-state index is 9.80. The van der Waals surface area contributed by atoms with Gasteiger partial charge in [0.25, 0.3) is 0 Å². The molecule has 1 unspecified atom stereocenters. The molecule has 0 bridgehead atoms. The Morgan fingerprint density at radius 2 is 1.94 bits per heavy atom. The summed E-state index contributed by atoms with van der Waals surface area (Å²) >= 11 is 0. The summed E-state index contributed by atoms with van der Waals surface area (Å²) < 4.78 is 17.0. The number of aromatic amines is 1. The van der Waals surface area contributed by atoms with E-state index < -0.39 is 0 Å². The average molecular weight is 485 g/mol. The Bertz CT molecular complexity index is 1350. The molecule has 9 heteroatoms. The Hall–Kier alpha value is -3.74. The first-order valence-electron chi connectivity index (χ1n) is 12.5. The topological polar surface area (TPSA) is 109 Å². The zero-order valence-electron chi connectivity index (χ0n) is 20.0. The summed E-state index contributed by atoms with van der Waals surface area (Å²) in [7, 11) is 0. The molecule has 9 nitrogen and oxygen atoms in total. The van der Waals surface area contributed by atoms with E-state index in [0.29, 0.717) is 30.2 Å². The molecule has 1 N–H and O–H groups in total. The quantitative estimate of drug-likeness (QED) is 0.584. The first-order chi connectivity index (χ1) is 17.8. The molecule has 2 aromatic heterocycles. The van der Waals surface area contributed by atoms with Crippen molar-refractivity contribution in [2.24, 2.45) is 0 Å². The molecule has 2 aliphatic heterocycles. The minimum Gasteiger partial charge on any atom is -0.489 e. The highest BCUT2D eigenvalue weighted by Crippen LogP contribution is 2.33. The molecular formula is C27H28N6O3. The molecule has 3 aromatic rings. The highest BCUT2D eigenvalue weighted by molar-refractivity contribution is 5.89. The van der Waals surface area contributed by atoms with Gasteiger partial charge in [0.15, 0.2) is 0 Å². The number of H-pyrrole nitrogens is 1. The molecule has 1 atom stereocenters. The maximum atomic E-state index is 9.80. The highest BCUT2D eigenvalue weighted by Gasteiger charge is 2.22. The van der Waals surface area contributed by atoms with Crippen LogP contribution in [0, 0.1) is 11.3 Å². The number of nitrogens with one attached hydrogen (secondary N) is 1. The lowest BCUT2D eigenvalue weighted by atomic mass is 9.98. The second kappa shape index (κ2) is 10.1. The van der Waals surface area contributed by atoms with Gasteiger partial charge in [-0.05, 0) is 30.2 Å². The Morgan fingerprint density at radius 1 is 1.11 bits per heavy atom. The van der Waals surface area contributed by atoms with Crippen molar-refractivity contribution in [2.45, 2.75) is 31.3 Å². The van der Waals surface area contributed by atoms with Crippen LogP contribution < -0.4 is 4.74 Å². The first kappa shape index (κ1) is 22.7. The molecule has 0 amide bonds. The van der Waals surface area contributed by atoms with Crippen LogP contribution in [0.25, 0.3) is 22.3 Å². The van der Waals surface area contributed by atoms with Crippen molar-refractivity contribution >= 4 is 11.2 Å². The van der Waals surface area contributed by atoms with Gasteiger partial charge in [0.2, 0.25) is 5.65 Å². The maximum Gasteiger partial charge on any atom is 0.200 e. The van der Waals surface area contributed by atoms with Crippen molar-refractivity contribution in [1.29, 1.82) is 5.26 Å². The zero-order valence-corrected chi connectivity index (χ0v) is 20.0. The largest absolute Gasteiger partial charge is 0.489 e. The van der Waals surface area contributed by atoms with Crippen molar-refractivity contribution in [3.8, 4) is 22.9 Å². The lowest BCUT2D eigenvalue weighted by Gasteiger charge is -2.31. The standard InChI is InChI=1S/C27H28N6O3/c28-16-20-15-19(3-6-24(20)36-22-7-11-34-12-8-22)23-17-29-32-27-25(23)30-26(31-27)18-1-4-21(5-2-18)33-9-13-35-14-10-33/h1,3-6,15,17-18,22H,2,7-14H2,(H,30,31,32). The minimum atomic E-state index is 0.0718. The number of hydrogen-bond acceptors (Lipinski definition) is 8. The molecule has 1 aromatic carbocycles. The van der Waals surface area contributed by atoms with Gasteiger partial charge in [0.05, 0.1) is 43.7 Å². The number of imidazole rings is 1. The molecule has 0 saturated carbocycles. The molecule has 0 spiro atoms. The number of ether oxygens (including phenoxy) is 3.